The first-order valence-corrected chi connectivity index (χ1v) is 7.79. The summed E-state index contributed by atoms with van der Waals surface area (Å²) in [6.07, 6.45) is 2.07. The van der Waals surface area contributed by atoms with Crippen LogP contribution in [0.15, 0.2) is 0 Å². The van der Waals surface area contributed by atoms with E-state index in [0.717, 1.165) is 12.8 Å². The first-order valence-electron chi connectivity index (χ1n) is 7.79. The number of hydrogen-bond acceptors (Lipinski definition) is 3. The molecule has 5 heteroatoms. The highest BCUT2D eigenvalue weighted by Gasteiger charge is 2.25. The van der Waals surface area contributed by atoms with E-state index in [2.05, 4.69) is 26.1 Å². The Labute approximate surface area is 128 Å². The van der Waals surface area contributed by atoms with Crippen molar-refractivity contribution < 1.29 is 14.7 Å². The van der Waals surface area contributed by atoms with Gasteiger partial charge in [-0.25, -0.2) is 0 Å². The molecule has 4 N–H and O–H groups in total. The minimum atomic E-state index is -0.885. The van der Waals surface area contributed by atoms with Crippen LogP contribution >= 0.6 is 0 Å². The largest absolute Gasteiger partial charge is 0.481 e. The number of amides is 1. The van der Waals surface area contributed by atoms with Crippen LogP contribution in [-0.4, -0.2) is 29.6 Å². The van der Waals surface area contributed by atoms with Crippen molar-refractivity contribution in [3.05, 3.63) is 0 Å². The summed E-state index contributed by atoms with van der Waals surface area (Å²) in [7, 11) is 0. The Kier molecular flexibility index (Phi) is 8.55. The fourth-order valence-electron chi connectivity index (χ4n) is 2.44. The molecule has 2 atom stereocenters. The number of hydrogen-bond donors (Lipinski definition) is 3. The van der Waals surface area contributed by atoms with E-state index in [1.165, 1.54) is 0 Å². The van der Waals surface area contributed by atoms with Gasteiger partial charge in [0, 0.05) is 12.5 Å². The summed E-state index contributed by atoms with van der Waals surface area (Å²) in [6.45, 7) is 10.9. The Balaban J connectivity index is 4.43. The lowest BCUT2D eigenvalue weighted by Gasteiger charge is -2.30. The van der Waals surface area contributed by atoms with E-state index in [-0.39, 0.29) is 29.7 Å². The SMILES string of the molecule is CC(C)C(CC(=O)O)NC(=O)CCC(CCN)C(C)(C)C. The van der Waals surface area contributed by atoms with Crippen molar-refractivity contribution in [3.63, 3.8) is 0 Å². The van der Waals surface area contributed by atoms with Gasteiger partial charge in [0.05, 0.1) is 6.42 Å². The highest BCUT2D eigenvalue weighted by molar-refractivity contribution is 5.77. The standard InChI is InChI=1S/C16H32N2O3/c1-11(2)13(10-15(20)21)18-14(19)7-6-12(8-9-17)16(3,4)5/h11-13H,6-10,17H2,1-5H3,(H,18,19)(H,20,21). The van der Waals surface area contributed by atoms with Gasteiger partial charge in [-0.1, -0.05) is 34.6 Å². The van der Waals surface area contributed by atoms with E-state index in [1.54, 1.807) is 0 Å². The average Bonchev–Trinajstić information content (AvgIpc) is 2.31. The Morgan fingerprint density at radius 1 is 1.19 bits per heavy atom. The maximum atomic E-state index is 12.0. The minimum Gasteiger partial charge on any atom is -0.481 e. The zero-order valence-electron chi connectivity index (χ0n) is 14.1. The predicted molar refractivity (Wildman–Crippen MR) is 84.9 cm³/mol. The molecule has 1 amide bonds. The molecular formula is C16H32N2O3. The van der Waals surface area contributed by atoms with Crippen molar-refractivity contribution in [2.45, 2.75) is 66.3 Å². The van der Waals surface area contributed by atoms with Crippen LogP contribution < -0.4 is 11.1 Å². The molecule has 2 unspecified atom stereocenters. The topological polar surface area (TPSA) is 92.4 Å². The first kappa shape index (κ1) is 19.9. The quantitative estimate of drug-likeness (QED) is 0.609. The van der Waals surface area contributed by atoms with Gasteiger partial charge in [0.1, 0.15) is 0 Å². The molecule has 0 aromatic heterocycles. The highest BCUT2D eigenvalue weighted by atomic mass is 16.4. The molecule has 0 saturated heterocycles. The molecule has 0 heterocycles. The highest BCUT2D eigenvalue weighted by Crippen LogP contribution is 2.32. The van der Waals surface area contributed by atoms with Crippen molar-refractivity contribution >= 4 is 11.9 Å². The minimum absolute atomic E-state index is 0.0328. The fourth-order valence-corrected chi connectivity index (χ4v) is 2.44. The van der Waals surface area contributed by atoms with Crippen LogP contribution in [-0.2, 0) is 9.59 Å². The van der Waals surface area contributed by atoms with Crippen molar-refractivity contribution in [1.29, 1.82) is 0 Å². The third-order valence-electron chi connectivity index (χ3n) is 4.01. The van der Waals surface area contributed by atoms with Crippen molar-refractivity contribution in [2.75, 3.05) is 6.54 Å². The number of carboxylic acids is 1. The smallest absolute Gasteiger partial charge is 0.305 e. The van der Waals surface area contributed by atoms with E-state index >= 15 is 0 Å². The summed E-state index contributed by atoms with van der Waals surface area (Å²) >= 11 is 0. The third-order valence-corrected chi connectivity index (χ3v) is 4.01. The second-order valence-electron chi connectivity index (χ2n) is 7.19. The Morgan fingerprint density at radius 3 is 2.14 bits per heavy atom. The van der Waals surface area contributed by atoms with Gasteiger partial charge in [-0.3, -0.25) is 9.59 Å². The zero-order valence-corrected chi connectivity index (χ0v) is 14.1. The van der Waals surface area contributed by atoms with E-state index in [4.69, 9.17) is 10.8 Å². The van der Waals surface area contributed by atoms with Crippen molar-refractivity contribution in [2.24, 2.45) is 23.0 Å². The molecule has 0 aliphatic rings. The normalized spacial score (nSPS) is 14.8. The van der Waals surface area contributed by atoms with E-state index < -0.39 is 5.97 Å². The molecule has 0 aliphatic carbocycles. The summed E-state index contributed by atoms with van der Waals surface area (Å²) < 4.78 is 0. The Morgan fingerprint density at radius 2 is 1.76 bits per heavy atom. The lowest BCUT2D eigenvalue weighted by Crippen LogP contribution is -2.40. The number of nitrogens with two attached hydrogens (primary N) is 1. The molecule has 0 bridgehead atoms. The predicted octanol–water partition coefficient (Wildman–Crippen LogP) is 2.39. The van der Waals surface area contributed by atoms with Gasteiger partial charge in [-0.05, 0) is 36.6 Å². The average molecular weight is 300 g/mol. The molecule has 0 aromatic rings. The van der Waals surface area contributed by atoms with Crippen LogP contribution in [0.5, 0.6) is 0 Å². The van der Waals surface area contributed by atoms with Gasteiger partial charge in [0.15, 0.2) is 0 Å². The molecule has 0 fully saturated rings. The summed E-state index contributed by atoms with van der Waals surface area (Å²) in [6, 6.07) is -0.308. The maximum absolute atomic E-state index is 12.0. The van der Waals surface area contributed by atoms with Gasteiger partial charge in [0.25, 0.3) is 0 Å². The molecule has 124 valence electrons. The molecule has 21 heavy (non-hydrogen) atoms. The van der Waals surface area contributed by atoms with Crippen LogP contribution in [0.1, 0.15) is 60.3 Å². The third kappa shape index (κ3) is 8.71. The Hall–Kier alpha value is -1.10. The lowest BCUT2D eigenvalue weighted by atomic mass is 9.76. The van der Waals surface area contributed by atoms with Crippen LogP contribution in [0.4, 0.5) is 0 Å². The van der Waals surface area contributed by atoms with Crippen molar-refractivity contribution in [3.8, 4) is 0 Å². The van der Waals surface area contributed by atoms with Gasteiger partial charge < -0.3 is 16.2 Å². The van der Waals surface area contributed by atoms with Gasteiger partial charge in [-0.15, -0.1) is 0 Å². The summed E-state index contributed by atoms with van der Waals surface area (Å²) in [4.78, 5) is 22.9. The monoisotopic (exact) mass is 300 g/mol. The summed E-state index contributed by atoms with van der Waals surface area (Å²) in [5.41, 5.74) is 5.77. The zero-order chi connectivity index (χ0) is 16.6. The molecule has 0 saturated carbocycles. The van der Waals surface area contributed by atoms with Gasteiger partial charge in [0.2, 0.25) is 5.91 Å². The number of carbonyl (C=O) groups excluding carboxylic acids is 1. The molecule has 0 aromatic carbocycles. The molecule has 0 spiro atoms. The van der Waals surface area contributed by atoms with Crippen LogP contribution in [0.2, 0.25) is 0 Å². The lowest BCUT2D eigenvalue weighted by molar-refractivity contribution is -0.138. The number of rotatable bonds is 9. The molecule has 5 nitrogen and oxygen atoms in total. The first-order chi connectivity index (χ1) is 9.57. The van der Waals surface area contributed by atoms with E-state index in [1.807, 2.05) is 13.8 Å². The second kappa shape index (κ2) is 9.03. The second-order valence-corrected chi connectivity index (χ2v) is 7.19. The number of carboxylic acid groups (broad SMARTS) is 1. The number of carbonyl (C=O) groups is 2. The van der Waals surface area contributed by atoms with Crippen LogP contribution in [0, 0.1) is 17.3 Å². The van der Waals surface area contributed by atoms with E-state index in [9.17, 15) is 9.59 Å². The summed E-state index contributed by atoms with van der Waals surface area (Å²) in [5, 5.41) is 11.7. The number of aliphatic carboxylic acids is 1. The molecular weight excluding hydrogens is 268 g/mol. The van der Waals surface area contributed by atoms with Gasteiger partial charge >= 0.3 is 5.97 Å². The molecule has 0 aliphatic heterocycles. The summed E-state index contributed by atoms with van der Waals surface area (Å²) in [5.74, 6) is -0.455. The molecule has 0 radical (unpaired) electrons. The van der Waals surface area contributed by atoms with Crippen LogP contribution in [0.25, 0.3) is 0 Å². The molecule has 0 rings (SSSR count). The van der Waals surface area contributed by atoms with Crippen molar-refractivity contribution in [1.82, 2.24) is 5.32 Å². The maximum Gasteiger partial charge on any atom is 0.305 e. The van der Waals surface area contributed by atoms with Crippen LogP contribution in [0.3, 0.4) is 0 Å². The number of nitrogens with one attached hydrogen (secondary N) is 1. The Bertz CT molecular complexity index is 335. The van der Waals surface area contributed by atoms with E-state index in [0.29, 0.717) is 18.9 Å². The van der Waals surface area contributed by atoms with Gasteiger partial charge in [-0.2, -0.15) is 0 Å². The fraction of sp³-hybridized carbons (Fsp3) is 0.875.